The Morgan fingerprint density at radius 1 is 1.29 bits per heavy atom. The number of hydrogen-bond acceptors (Lipinski definition) is 4. The van der Waals surface area contributed by atoms with Crippen molar-refractivity contribution in [3.8, 4) is 5.75 Å². The summed E-state index contributed by atoms with van der Waals surface area (Å²) >= 11 is 0. The van der Waals surface area contributed by atoms with Gasteiger partial charge in [0.25, 0.3) is 5.91 Å². The van der Waals surface area contributed by atoms with Gasteiger partial charge in [-0.05, 0) is 25.6 Å². The fourth-order valence-corrected chi connectivity index (χ4v) is 1.78. The van der Waals surface area contributed by atoms with E-state index in [0.717, 1.165) is 6.54 Å². The third-order valence-corrected chi connectivity index (χ3v) is 2.80. The summed E-state index contributed by atoms with van der Waals surface area (Å²) in [5.74, 6) is 0.459. The molecular formula is C15H25ClN2O3. The van der Waals surface area contributed by atoms with Crippen molar-refractivity contribution in [3.05, 3.63) is 29.8 Å². The highest BCUT2D eigenvalue weighted by Crippen LogP contribution is 2.17. The fourth-order valence-electron chi connectivity index (χ4n) is 1.78. The van der Waals surface area contributed by atoms with E-state index in [0.29, 0.717) is 31.1 Å². The first-order valence-electron chi connectivity index (χ1n) is 6.91. The zero-order valence-electron chi connectivity index (χ0n) is 12.8. The summed E-state index contributed by atoms with van der Waals surface area (Å²) in [5.41, 5.74) is 0.548. The summed E-state index contributed by atoms with van der Waals surface area (Å²) in [5, 5.41) is 6.15. The molecular weight excluding hydrogens is 292 g/mol. The first-order valence-corrected chi connectivity index (χ1v) is 6.91. The van der Waals surface area contributed by atoms with Crippen LogP contribution in [0, 0.1) is 0 Å². The summed E-state index contributed by atoms with van der Waals surface area (Å²) in [6.45, 7) is 6.46. The van der Waals surface area contributed by atoms with Gasteiger partial charge in [-0.15, -0.1) is 12.4 Å². The first kappa shape index (κ1) is 19.7. The lowest BCUT2D eigenvalue weighted by atomic mass is 10.2. The van der Waals surface area contributed by atoms with Crippen LogP contribution in [-0.2, 0) is 4.74 Å². The number of hydrogen-bond donors (Lipinski definition) is 2. The highest BCUT2D eigenvalue weighted by atomic mass is 35.5. The fraction of sp³-hybridized carbons (Fsp3) is 0.533. The molecule has 21 heavy (non-hydrogen) atoms. The molecule has 0 bridgehead atoms. The smallest absolute Gasteiger partial charge is 0.255 e. The van der Waals surface area contributed by atoms with E-state index < -0.39 is 0 Å². The molecule has 0 heterocycles. The molecule has 5 nitrogen and oxygen atoms in total. The zero-order chi connectivity index (χ0) is 14.8. The lowest BCUT2D eigenvalue weighted by Crippen LogP contribution is -2.38. The van der Waals surface area contributed by atoms with Crippen LogP contribution in [0.2, 0.25) is 0 Å². The molecule has 0 unspecified atom stereocenters. The maximum atomic E-state index is 12.2. The van der Waals surface area contributed by atoms with Gasteiger partial charge in [-0.1, -0.05) is 19.1 Å². The number of benzene rings is 1. The molecule has 1 amide bonds. The molecule has 0 aliphatic carbocycles. The summed E-state index contributed by atoms with van der Waals surface area (Å²) in [6.07, 6.45) is 0. The molecule has 2 N–H and O–H groups in total. The monoisotopic (exact) mass is 316 g/mol. The van der Waals surface area contributed by atoms with Gasteiger partial charge >= 0.3 is 0 Å². The molecule has 6 heteroatoms. The average Bonchev–Trinajstić information content (AvgIpc) is 2.46. The molecule has 0 radical (unpaired) electrons. The van der Waals surface area contributed by atoms with E-state index in [9.17, 15) is 4.79 Å². The largest absolute Gasteiger partial charge is 0.490 e. The van der Waals surface area contributed by atoms with Crippen molar-refractivity contribution in [2.24, 2.45) is 0 Å². The van der Waals surface area contributed by atoms with E-state index in [2.05, 4.69) is 10.6 Å². The Bertz CT molecular complexity index is 416. The van der Waals surface area contributed by atoms with Crippen molar-refractivity contribution in [3.63, 3.8) is 0 Å². The van der Waals surface area contributed by atoms with Crippen LogP contribution in [0.15, 0.2) is 24.3 Å². The second-order valence-electron chi connectivity index (χ2n) is 4.51. The Balaban J connectivity index is 0.00000400. The number of ether oxygens (including phenoxy) is 2. The van der Waals surface area contributed by atoms with Gasteiger partial charge in [-0.2, -0.15) is 0 Å². The normalized spacial score (nSPS) is 11.4. The van der Waals surface area contributed by atoms with Crippen LogP contribution in [0.1, 0.15) is 24.2 Å². The van der Waals surface area contributed by atoms with Crippen LogP contribution in [-0.4, -0.2) is 45.4 Å². The Hall–Kier alpha value is -1.30. The molecule has 0 spiro atoms. The topological polar surface area (TPSA) is 59.6 Å². The Morgan fingerprint density at radius 3 is 2.67 bits per heavy atom. The predicted octanol–water partition coefficient (Wildman–Crippen LogP) is 1.86. The molecule has 0 saturated carbocycles. The highest BCUT2D eigenvalue weighted by molar-refractivity contribution is 5.96. The summed E-state index contributed by atoms with van der Waals surface area (Å²) < 4.78 is 10.5. The van der Waals surface area contributed by atoms with Crippen LogP contribution in [0.25, 0.3) is 0 Å². The lowest BCUT2D eigenvalue weighted by Gasteiger charge is -2.15. The standard InChI is InChI=1S/C15H24N2O3.ClH/c1-4-16-12(2)11-17-15(18)13-7-5-6-8-14(13)20-10-9-19-3;/h5-8,12,16H,4,9-11H2,1-3H3,(H,17,18);1H/t12-;/m1./s1. The number of nitrogens with one attached hydrogen (secondary N) is 2. The van der Waals surface area contributed by atoms with Crippen LogP contribution < -0.4 is 15.4 Å². The van der Waals surface area contributed by atoms with E-state index >= 15 is 0 Å². The van der Waals surface area contributed by atoms with Gasteiger partial charge in [0, 0.05) is 19.7 Å². The molecule has 0 saturated heterocycles. The highest BCUT2D eigenvalue weighted by Gasteiger charge is 2.12. The molecule has 1 aromatic rings. The van der Waals surface area contributed by atoms with E-state index in [-0.39, 0.29) is 24.4 Å². The number of carbonyl (C=O) groups is 1. The lowest BCUT2D eigenvalue weighted by molar-refractivity contribution is 0.0942. The summed E-state index contributed by atoms with van der Waals surface area (Å²) in [7, 11) is 1.62. The predicted molar refractivity (Wildman–Crippen MR) is 86.5 cm³/mol. The molecule has 1 rings (SSSR count). The Labute approximate surface area is 132 Å². The molecule has 0 aromatic heterocycles. The average molecular weight is 317 g/mol. The quantitative estimate of drug-likeness (QED) is 0.683. The number of carbonyl (C=O) groups excluding carboxylic acids is 1. The maximum absolute atomic E-state index is 12.2. The third kappa shape index (κ3) is 7.32. The minimum absolute atomic E-state index is 0. The number of halogens is 1. The molecule has 120 valence electrons. The van der Waals surface area contributed by atoms with Crippen LogP contribution in [0.5, 0.6) is 5.75 Å². The van der Waals surface area contributed by atoms with Crippen LogP contribution in [0.3, 0.4) is 0 Å². The number of amides is 1. The SMILES string of the molecule is CCN[C@H](C)CNC(=O)c1ccccc1OCCOC.Cl. The zero-order valence-corrected chi connectivity index (χ0v) is 13.7. The van der Waals surface area contributed by atoms with Crippen molar-refractivity contribution in [2.45, 2.75) is 19.9 Å². The van der Waals surface area contributed by atoms with Gasteiger partial charge in [0.1, 0.15) is 12.4 Å². The van der Waals surface area contributed by atoms with Crippen LogP contribution in [0.4, 0.5) is 0 Å². The van der Waals surface area contributed by atoms with Crippen molar-refractivity contribution < 1.29 is 14.3 Å². The number of likely N-dealkylation sites (N-methyl/N-ethyl adjacent to an activating group) is 1. The van der Waals surface area contributed by atoms with E-state index in [1.807, 2.05) is 26.0 Å². The number of rotatable bonds is 9. The van der Waals surface area contributed by atoms with E-state index in [4.69, 9.17) is 9.47 Å². The Kier molecular flexibility index (Phi) is 10.7. The number of para-hydroxylation sites is 1. The van der Waals surface area contributed by atoms with Gasteiger partial charge in [0.05, 0.1) is 12.2 Å². The van der Waals surface area contributed by atoms with E-state index in [1.54, 1.807) is 19.2 Å². The van der Waals surface area contributed by atoms with Gasteiger partial charge in [0.15, 0.2) is 0 Å². The van der Waals surface area contributed by atoms with Gasteiger partial charge in [-0.3, -0.25) is 4.79 Å². The van der Waals surface area contributed by atoms with E-state index in [1.165, 1.54) is 0 Å². The van der Waals surface area contributed by atoms with Gasteiger partial charge in [0.2, 0.25) is 0 Å². The second kappa shape index (κ2) is 11.4. The van der Waals surface area contributed by atoms with Crippen molar-refractivity contribution in [2.75, 3.05) is 33.4 Å². The minimum atomic E-state index is -0.122. The summed E-state index contributed by atoms with van der Waals surface area (Å²) in [6, 6.07) is 7.46. The van der Waals surface area contributed by atoms with Crippen molar-refractivity contribution in [1.29, 1.82) is 0 Å². The maximum Gasteiger partial charge on any atom is 0.255 e. The van der Waals surface area contributed by atoms with Crippen LogP contribution >= 0.6 is 12.4 Å². The minimum Gasteiger partial charge on any atom is -0.490 e. The second-order valence-corrected chi connectivity index (χ2v) is 4.51. The van der Waals surface area contributed by atoms with Crippen molar-refractivity contribution in [1.82, 2.24) is 10.6 Å². The first-order chi connectivity index (χ1) is 9.69. The molecule has 0 aliphatic rings. The third-order valence-electron chi connectivity index (χ3n) is 2.80. The van der Waals surface area contributed by atoms with Gasteiger partial charge in [-0.25, -0.2) is 0 Å². The van der Waals surface area contributed by atoms with Gasteiger partial charge < -0.3 is 20.1 Å². The Morgan fingerprint density at radius 2 is 2.00 bits per heavy atom. The molecule has 1 aromatic carbocycles. The molecule has 1 atom stereocenters. The molecule has 0 fully saturated rings. The van der Waals surface area contributed by atoms with Crippen molar-refractivity contribution >= 4 is 18.3 Å². The summed E-state index contributed by atoms with van der Waals surface area (Å²) in [4.78, 5) is 12.2. The molecule has 0 aliphatic heterocycles. The number of methoxy groups -OCH3 is 1.